The number of carboxylic acids is 1. The van der Waals surface area contributed by atoms with Crippen molar-refractivity contribution in [2.45, 2.75) is 120 Å². The quantitative estimate of drug-likeness (QED) is 0.0757. The number of hydrogen-bond donors (Lipinski definition) is 5. The minimum atomic E-state index is -2.19. The maximum Gasteiger partial charge on any atom is 0.335 e. The Labute approximate surface area is 320 Å². The van der Waals surface area contributed by atoms with Crippen LogP contribution in [0.25, 0.3) is 11.1 Å². The van der Waals surface area contributed by atoms with E-state index in [2.05, 4.69) is 11.1 Å². The summed E-state index contributed by atoms with van der Waals surface area (Å²) >= 11 is 13.5. The van der Waals surface area contributed by atoms with Crippen molar-refractivity contribution in [3.05, 3.63) is 81.6 Å². The SMILES string of the molecule is CN(CCCCC[C@H](O)[C@@H](O)[C@H](O)[C@H](O)C(=O)O)C(=O)CCCCc1cc(Cl)c(COC2(c3cnccc3-c3ccccc3OC3CC3)CC2)cc1Cl. The molecule has 13 heteroatoms. The third-order valence-electron chi connectivity index (χ3n) is 10.1. The van der Waals surface area contributed by atoms with Crippen molar-refractivity contribution in [3.8, 4) is 16.9 Å². The number of pyridine rings is 1. The number of halogens is 2. The van der Waals surface area contributed by atoms with Gasteiger partial charge in [0.05, 0.1) is 24.4 Å². The van der Waals surface area contributed by atoms with Crippen molar-refractivity contribution in [1.82, 2.24) is 9.88 Å². The number of aryl methyl sites for hydroxylation is 1. The summed E-state index contributed by atoms with van der Waals surface area (Å²) in [7, 11) is 1.74. The molecule has 53 heavy (non-hydrogen) atoms. The van der Waals surface area contributed by atoms with Crippen LogP contribution in [-0.2, 0) is 33.0 Å². The highest BCUT2D eigenvalue weighted by Crippen LogP contribution is 2.53. The molecule has 5 rings (SSSR count). The van der Waals surface area contributed by atoms with Gasteiger partial charge in [0.15, 0.2) is 6.10 Å². The van der Waals surface area contributed by atoms with Gasteiger partial charge in [-0.15, -0.1) is 0 Å². The average molecular weight is 774 g/mol. The summed E-state index contributed by atoms with van der Waals surface area (Å²) in [6, 6.07) is 13.9. The summed E-state index contributed by atoms with van der Waals surface area (Å²) in [6.45, 7) is 0.825. The smallest absolute Gasteiger partial charge is 0.335 e. The number of unbranched alkanes of at least 4 members (excludes halogenated alkanes) is 3. The molecule has 0 aliphatic heterocycles. The first-order chi connectivity index (χ1) is 25.4. The van der Waals surface area contributed by atoms with Gasteiger partial charge < -0.3 is 39.9 Å². The monoisotopic (exact) mass is 772 g/mol. The number of nitrogens with zero attached hydrogens (tertiary/aromatic N) is 2. The van der Waals surface area contributed by atoms with Gasteiger partial charge in [0, 0.05) is 53.6 Å². The summed E-state index contributed by atoms with van der Waals surface area (Å²) in [4.78, 5) is 29.6. The average Bonchev–Trinajstić information content (AvgIpc) is 4.10. The summed E-state index contributed by atoms with van der Waals surface area (Å²) in [5.74, 6) is -0.785. The molecule has 288 valence electrons. The third kappa shape index (κ3) is 11.1. The van der Waals surface area contributed by atoms with Crippen LogP contribution in [0.5, 0.6) is 5.75 Å². The molecule has 5 N–H and O–H groups in total. The lowest BCUT2D eigenvalue weighted by Crippen LogP contribution is -2.47. The van der Waals surface area contributed by atoms with Crippen LogP contribution in [0.2, 0.25) is 10.0 Å². The number of carboxylic acid groups (broad SMARTS) is 1. The van der Waals surface area contributed by atoms with E-state index < -0.39 is 36.0 Å². The zero-order valence-electron chi connectivity index (χ0n) is 30.0. The zero-order valence-corrected chi connectivity index (χ0v) is 31.5. The first-order valence-corrected chi connectivity index (χ1v) is 19.2. The Balaban J connectivity index is 1.04. The summed E-state index contributed by atoms with van der Waals surface area (Å²) in [6.07, 6.45) is 4.98. The molecule has 1 amide bonds. The van der Waals surface area contributed by atoms with Crippen LogP contribution in [0.1, 0.15) is 87.3 Å². The Morgan fingerprint density at radius 3 is 2.36 bits per heavy atom. The molecular weight excluding hydrogens is 723 g/mol. The molecule has 2 saturated carbocycles. The van der Waals surface area contributed by atoms with Crippen LogP contribution in [0, 0.1) is 0 Å². The molecule has 0 unspecified atom stereocenters. The predicted molar refractivity (Wildman–Crippen MR) is 201 cm³/mol. The van der Waals surface area contributed by atoms with Gasteiger partial charge in [0.1, 0.15) is 18.0 Å². The normalized spacial score (nSPS) is 17.1. The Morgan fingerprint density at radius 2 is 1.64 bits per heavy atom. The van der Waals surface area contributed by atoms with Crippen molar-refractivity contribution >= 4 is 35.1 Å². The van der Waals surface area contributed by atoms with E-state index in [9.17, 15) is 30.0 Å². The number of benzene rings is 2. The van der Waals surface area contributed by atoms with Crippen LogP contribution in [0.15, 0.2) is 54.9 Å². The Kier molecular flexibility index (Phi) is 14.5. The second kappa shape index (κ2) is 18.8. The van der Waals surface area contributed by atoms with E-state index in [-0.39, 0.29) is 18.4 Å². The fourth-order valence-corrected chi connectivity index (χ4v) is 6.94. The van der Waals surface area contributed by atoms with Crippen LogP contribution >= 0.6 is 23.2 Å². The number of aromatic nitrogens is 1. The number of carbonyl (C=O) groups is 2. The van der Waals surface area contributed by atoms with E-state index in [4.69, 9.17) is 37.8 Å². The van der Waals surface area contributed by atoms with E-state index in [0.29, 0.717) is 61.7 Å². The highest BCUT2D eigenvalue weighted by atomic mass is 35.5. The fourth-order valence-electron chi connectivity index (χ4n) is 6.42. The Morgan fingerprint density at radius 1 is 0.925 bits per heavy atom. The van der Waals surface area contributed by atoms with Gasteiger partial charge in [-0.2, -0.15) is 0 Å². The van der Waals surface area contributed by atoms with E-state index in [1.165, 1.54) is 0 Å². The van der Waals surface area contributed by atoms with Crippen molar-refractivity contribution < 1.29 is 44.6 Å². The number of aliphatic hydroxyl groups is 4. The van der Waals surface area contributed by atoms with Crippen molar-refractivity contribution in [2.75, 3.05) is 13.6 Å². The molecule has 11 nitrogen and oxygen atoms in total. The maximum atomic E-state index is 12.7. The molecule has 2 fully saturated rings. The molecule has 1 heterocycles. The topological polar surface area (TPSA) is 170 Å². The molecule has 0 radical (unpaired) electrons. The molecular formula is C40H50Cl2N2O9. The van der Waals surface area contributed by atoms with Crippen molar-refractivity contribution in [2.24, 2.45) is 0 Å². The molecule has 4 atom stereocenters. The fraction of sp³-hybridized carbons (Fsp3) is 0.525. The molecule has 2 aliphatic carbocycles. The summed E-state index contributed by atoms with van der Waals surface area (Å²) < 4.78 is 12.8. The first kappa shape index (κ1) is 40.9. The van der Waals surface area contributed by atoms with Crippen molar-refractivity contribution in [3.63, 3.8) is 0 Å². The lowest BCUT2D eigenvalue weighted by atomic mass is 9.96. The number of hydrogen-bond acceptors (Lipinski definition) is 9. The standard InChI is InChI=1S/C40H50Cl2N2O9/c1-44(20-8-2-3-11-33(45)36(47)37(48)38(49)39(50)51)35(46)13-7-4-9-25-21-32(42)26(22-31(25)41)24-52-40(17-18-40)30-23-43-19-16-28(30)29-10-5-6-12-34(29)53-27-14-15-27/h5-6,10,12,16,19,21-23,27,33,36-38,45,47-49H,2-4,7-9,11,13-15,17-18,20,24H2,1H3,(H,50,51)/t33-,36+,37-,38-/m0/s1. The number of para-hydroxylation sites is 1. The number of ether oxygens (including phenoxy) is 2. The minimum Gasteiger partial charge on any atom is -0.490 e. The van der Waals surface area contributed by atoms with Gasteiger partial charge >= 0.3 is 5.97 Å². The minimum absolute atomic E-state index is 0.0209. The molecule has 0 bridgehead atoms. The largest absolute Gasteiger partial charge is 0.490 e. The lowest BCUT2D eigenvalue weighted by molar-refractivity contribution is -0.163. The van der Waals surface area contributed by atoms with Gasteiger partial charge in [-0.1, -0.05) is 54.2 Å². The number of aliphatic carboxylic acids is 1. The number of aliphatic hydroxyl groups excluding tert-OH is 4. The maximum absolute atomic E-state index is 12.7. The highest BCUT2D eigenvalue weighted by molar-refractivity contribution is 6.34. The van der Waals surface area contributed by atoms with Gasteiger partial charge in [-0.05, 0) is 98.7 Å². The van der Waals surface area contributed by atoms with Crippen LogP contribution in [-0.4, -0.2) is 91.4 Å². The van der Waals surface area contributed by atoms with Crippen LogP contribution in [0.4, 0.5) is 0 Å². The number of carbonyl (C=O) groups excluding carboxylic acids is 1. The summed E-state index contributed by atoms with van der Waals surface area (Å²) in [5, 5.41) is 48.9. The second-order valence-electron chi connectivity index (χ2n) is 14.3. The van der Waals surface area contributed by atoms with E-state index in [1.807, 2.05) is 42.6 Å². The molecule has 2 aromatic carbocycles. The van der Waals surface area contributed by atoms with Gasteiger partial charge in [-0.25, -0.2) is 4.79 Å². The molecule has 0 saturated heterocycles. The third-order valence-corrected chi connectivity index (χ3v) is 10.8. The molecule has 3 aromatic rings. The van der Waals surface area contributed by atoms with Gasteiger partial charge in [-0.3, -0.25) is 9.78 Å². The first-order valence-electron chi connectivity index (χ1n) is 18.4. The van der Waals surface area contributed by atoms with Gasteiger partial charge in [0.25, 0.3) is 0 Å². The highest BCUT2D eigenvalue weighted by Gasteiger charge is 2.48. The predicted octanol–water partition coefficient (Wildman–Crippen LogP) is 6.06. The zero-order chi connectivity index (χ0) is 38.1. The second-order valence-corrected chi connectivity index (χ2v) is 15.1. The van der Waals surface area contributed by atoms with E-state index in [1.54, 1.807) is 18.1 Å². The van der Waals surface area contributed by atoms with Gasteiger partial charge in [0.2, 0.25) is 5.91 Å². The lowest BCUT2D eigenvalue weighted by Gasteiger charge is -2.24. The Bertz CT molecular complexity index is 1700. The molecule has 0 spiro atoms. The van der Waals surface area contributed by atoms with E-state index in [0.717, 1.165) is 65.7 Å². The molecule has 2 aliphatic rings. The number of rotatable bonds is 22. The molecule has 1 aromatic heterocycles. The van der Waals surface area contributed by atoms with Crippen molar-refractivity contribution in [1.29, 1.82) is 0 Å². The summed E-state index contributed by atoms with van der Waals surface area (Å²) in [5.41, 5.74) is 4.40. The Hall–Kier alpha value is -3.29. The number of amides is 1. The van der Waals surface area contributed by atoms with E-state index >= 15 is 0 Å². The van der Waals surface area contributed by atoms with Crippen LogP contribution in [0.3, 0.4) is 0 Å². The van der Waals surface area contributed by atoms with Crippen LogP contribution < -0.4 is 4.74 Å².